The van der Waals surface area contributed by atoms with Crippen molar-refractivity contribution in [3.63, 3.8) is 0 Å². The monoisotopic (exact) mass is 238 g/mol. The molecule has 0 bridgehead atoms. The lowest BCUT2D eigenvalue weighted by atomic mass is 9.77. The summed E-state index contributed by atoms with van der Waals surface area (Å²) in [6.07, 6.45) is 5.80. The van der Waals surface area contributed by atoms with Crippen molar-refractivity contribution in [2.75, 3.05) is 0 Å². The average molecular weight is 238 g/mol. The first-order chi connectivity index (χ1) is 7.70. The van der Waals surface area contributed by atoms with E-state index in [-0.39, 0.29) is 5.92 Å². The van der Waals surface area contributed by atoms with Crippen molar-refractivity contribution in [1.82, 2.24) is 0 Å². The molecule has 0 amide bonds. The summed E-state index contributed by atoms with van der Waals surface area (Å²) in [7, 11) is 0. The molecular weight excluding hydrogens is 220 g/mol. The maximum absolute atomic E-state index is 11.5. The number of rotatable bonds is 3. The summed E-state index contributed by atoms with van der Waals surface area (Å²) in [6, 6.07) is 1.99. The van der Waals surface area contributed by atoms with Gasteiger partial charge in [-0.25, -0.2) is 0 Å². The van der Waals surface area contributed by atoms with Crippen molar-refractivity contribution >= 4 is 17.3 Å². The fourth-order valence-corrected chi connectivity index (χ4v) is 3.52. The lowest BCUT2D eigenvalue weighted by Crippen LogP contribution is -2.23. The Morgan fingerprint density at radius 3 is 2.62 bits per heavy atom. The number of carbonyl (C=O) groups is 1. The van der Waals surface area contributed by atoms with Crippen LogP contribution >= 0.6 is 11.3 Å². The number of hydrogen-bond donors (Lipinski definition) is 1. The molecule has 1 aliphatic rings. The minimum Gasteiger partial charge on any atom is -0.481 e. The van der Waals surface area contributed by atoms with Crippen LogP contribution < -0.4 is 0 Å². The highest BCUT2D eigenvalue weighted by Crippen LogP contribution is 2.38. The molecular formula is C13H18O2S. The third-order valence-electron chi connectivity index (χ3n) is 3.62. The molecule has 1 aliphatic carbocycles. The number of hydrogen-bond acceptors (Lipinski definition) is 2. The van der Waals surface area contributed by atoms with Crippen LogP contribution in [0.2, 0.25) is 0 Å². The van der Waals surface area contributed by atoms with Gasteiger partial charge in [-0.15, -0.1) is 11.3 Å². The highest BCUT2D eigenvalue weighted by atomic mass is 32.1. The maximum atomic E-state index is 11.5. The van der Waals surface area contributed by atoms with E-state index < -0.39 is 5.97 Å². The van der Waals surface area contributed by atoms with Gasteiger partial charge in [-0.05, 0) is 42.7 Å². The van der Waals surface area contributed by atoms with Crippen LogP contribution in [-0.2, 0) is 4.79 Å². The standard InChI is InChI=1S/C13H18O2S/c1-9-11(7-8-16-9)12(13(14)15)10-5-3-2-4-6-10/h7-8,10,12H,2-6H2,1H3,(H,14,15). The molecule has 0 radical (unpaired) electrons. The predicted octanol–water partition coefficient (Wildman–Crippen LogP) is 3.81. The topological polar surface area (TPSA) is 37.3 Å². The fourth-order valence-electron chi connectivity index (χ4n) is 2.77. The third kappa shape index (κ3) is 2.29. The molecule has 1 unspecified atom stereocenters. The van der Waals surface area contributed by atoms with Crippen molar-refractivity contribution in [3.8, 4) is 0 Å². The van der Waals surface area contributed by atoms with Crippen molar-refractivity contribution in [3.05, 3.63) is 21.9 Å². The molecule has 1 heterocycles. The van der Waals surface area contributed by atoms with E-state index >= 15 is 0 Å². The molecule has 88 valence electrons. The van der Waals surface area contributed by atoms with E-state index in [1.54, 1.807) is 11.3 Å². The quantitative estimate of drug-likeness (QED) is 0.869. The Morgan fingerprint density at radius 1 is 1.44 bits per heavy atom. The summed E-state index contributed by atoms with van der Waals surface area (Å²) in [5.74, 6) is -0.570. The van der Waals surface area contributed by atoms with Crippen molar-refractivity contribution < 1.29 is 9.90 Å². The van der Waals surface area contributed by atoms with Crippen LogP contribution in [0.1, 0.15) is 48.5 Å². The summed E-state index contributed by atoms with van der Waals surface area (Å²) in [4.78, 5) is 12.6. The lowest BCUT2D eigenvalue weighted by Gasteiger charge is -2.27. The zero-order chi connectivity index (χ0) is 11.5. The maximum Gasteiger partial charge on any atom is 0.311 e. The van der Waals surface area contributed by atoms with E-state index in [1.807, 2.05) is 18.4 Å². The van der Waals surface area contributed by atoms with Crippen LogP contribution in [0.3, 0.4) is 0 Å². The smallest absolute Gasteiger partial charge is 0.311 e. The number of carboxylic acid groups (broad SMARTS) is 1. The highest BCUT2D eigenvalue weighted by molar-refractivity contribution is 7.10. The lowest BCUT2D eigenvalue weighted by molar-refractivity contribution is -0.140. The summed E-state index contributed by atoms with van der Waals surface area (Å²) in [5, 5.41) is 11.4. The van der Waals surface area contributed by atoms with E-state index in [4.69, 9.17) is 0 Å². The van der Waals surface area contributed by atoms with Crippen molar-refractivity contribution in [2.45, 2.75) is 44.9 Å². The second kappa shape index (κ2) is 5.00. The summed E-state index contributed by atoms with van der Waals surface area (Å²) < 4.78 is 0. The fraction of sp³-hybridized carbons (Fsp3) is 0.615. The number of thiophene rings is 1. The molecule has 1 fully saturated rings. The van der Waals surface area contributed by atoms with Gasteiger partial charge in [-0.3, -0.25) is 4.79 Å². The van der Waals surface area contributed by atoms with E-state index in [9.17, 15) is 9.90 Å². The molecule has 1 saturated carbocycles. The van der Waals surface area contributed by atoms with Gasteiger partial charge in [-0.1, -0.05) is 19.3 Å². The summed E-state index contributed by atoms with van der Waals surface area (Å²) >= 11 is 1.65. The average Bonchev–Trinajstić information content (AvgIpc) is 2.66. The molecule has 3 heteroatoms. The SMILES string of the molecule is Cc1sccc1C(C(=O)O)C1CCCCC1. The van der Waals surface area contributed by atoms with Crippen LogP contribution in [0.5, 0.6) is 0 Å². The normalized spacial score (nSPS) is 19.6. The van der Waals surface area contributed by atoms with Gasteiger partial charge in [0.05, 0.1) is 5.92 Å². The van der Waals surface area contributed by atoms with E-state index in [2.05, 4.69) is 0 Å². The first kappa shape index (κ1) is 11.6. The van der Waals surface area contributed by atoms with Gasteiger partial charge in [0.15, 0.2) is 0 Å². The molecule has 2 nitrogen and oxygen atoms in total. The van der Waals surface area contributed by atoms with E-state index in [1.165, 1.54) is 19.3 Å². The number of aryl methyl sites for hydroxylation is 1. The van der Waals surface area contributed by atoms with Crippen LogP contribution in [0.25, 0.3) is 0 Å². The van der Waals surface area contributed by atoms with Crippen LogP contribution in [0, 0.1) is 12.8 Å². The summed E-state index contributed by atoms with van der Waals surface area (Å²) in [6.45, 7) is 2.03. The highest BCUT2D eigenvalue weighted by Gasteiger charge is 2.31. The van der Waals surface area contributed by atoms with Gasteiger partial charge in [0.25, 0.3) is 0 Å². The molecule has 1 aromatic rings. The molecule has 0 aromatic carbocycles. The van der Waals surface area contributed by atoms with Crippen LogP contribution in [-0.4, -0.2) is 11.1 Å². The Morgan fingerprint density at radius 2 is 2.12 bits per heavy atom. The van der Waals surface area contributed by atoms with Gasteiger partial charge in [0.1, 0.15) is 0 Å². The summed E-state index contributed by atoms with van der Waals surface area (Å²) in [5.41, 5.74) is 1.05. The predicted molar refractivity (Wildman–Crippen MR) is 66.0 cm³/mol. The van der Waals surface area contributed by atoms with Gasteiger partial charge < -0.3 is 5.11 Å². The van der Waals surface area contributed by atoms with E-state index in [0.29, 0.717) is 5.92 Å². The van der Waals surface area contributed by atoms with Crippen molar-refractivity contribution in [2.24, 2.45) is 5.92 Å². The molecule has 1 aromatic heterocycles. The Bertz CT molecular complexity index is 364. The van der Waals surface area contributed by atoms with Gasteiger partial charge in [0, 0.05) is 4.88 Å². The molecule has 2 rings (SSSR count). The Balaban J connectivity index is 2.23. The molecule has 0 spiro atoms. The molecule has 0 aliphatic heterocycles. The van der Waals surface area contributed by atoms with Gasteiger partial charge in [-0.2, -0.15) is 0 Å². The van der Waals surface area contributed by atoms with Crippen molar-refractivity contribution in [1.29, 1.82) is 0 Å². The first-order valence-electron chi connectivity index (χ1n) is 5.97. The largest absolute Gasteiger partial charge is 0.481 e. The zero-order valence-electron chi connectivity index (χ0n) is 9.61. The third-order valence-corrected chi connectivity index (χ3v) is 4.48. The second-order valence-electron chi connectivity index (χ2n) is 4.65. The molecule has 1 atom stereocenters. The number of aliphatic carboxylic acids is 1. The number of carboxylic acids is 1. The Hall–Kier alpha value is -0.830. The molecule has 0 saturated heterocycles. The minimum atomic E-state index is -0.645. The van der Waals surface area contributed by atoms with Gasteiger partial charge >= 0.3 is 5.97 Å². The second-order valence-corrected chi connectivity index (χ2v) is 5.77. The minimum absolute atomic E-state index is 0.272. The van der Waals surface area contributed by atoms with Crippen LogP contribution in [0.15, 0.2) is 11.4 Å². The Kier molecular flexibility index (Phi) is 3.64. The Labute approximate surface area is 100 Å². The molecule has 1 N–H and O–H groups in total. The molecule has 16 heavy (non-hydrogen) atoms. The van der Waals surface area contributed by atoms with Gasteiger partial charge in [0.2, 0.25) is 0 Å². The first-order valence-corrected chi connectivity index (χ1v) is 6.85. The van der Waals surface area contributed by atoms with E-state index in [0.717, 1.165) is 23.3 Å². The van der Waals surface area contributed by atoms with Crippen LogP contribution in [0.4, 0.5) is 0 Å². The zero-order valence-corrected chi connectivity index (χ0v) is 10.4.